The van der Waals surface area contributed by atoms with Gasteiger partial charge in [0.25, 0.3) is 0 Å². The van der Waals surface area contributed by atoms with Crippen LogP contribution in [0.1, 0.15) is 38.7 Å². The van der Waals surface area contributed by atoms with Crippen LogP contribution < -0.4 is 5.43 Å². The molecule has 2 atom stereocenters. The first-order valence-corrected chi connectivity index (χ1v) is 6.16. The van der Waals surface area contributed by atoms with Gasteiger partial charge in [0.15, 0.2) is 0 Å². The number of hydrogen-bond donors (Lipinski definition) is 1. The summed E-state index contributed by atoms with van der Waals surface area (Å²) in [4.78, 5) is 0. The monoisotopic (exact) mass is 222 g/mol. The fraction of sp³-hybridized carbons (Fsp3) is 0.750. The molecule has 1 saturated heterocycles. The molecule has 4 nitrogen and oxygen atoms in total. The second kappa shape index (κ2) is 4.97. The fourth-order valence-corrected chi connectivity index (χ4v) is 2.48. The molecule has 1 N–H and O–H groups in total. The van der Waals surface area contributed by atoms with E-state index in [0.717, 1.165) is 6.54 Å². The molecule has 90 valence electrons. The topological polar surface area (TPSA) is 33.1 Å². The van der Waals surface area contributed by atoms with Crippen LogP contribution in [-0.2, 0) is 13.6 Å². The van der Waals surface area contributed by atoms with E-state index in [-0.39, 0.29) is 0 Å². The molecular formula is C12H22N4. The second-order valence-corrected chi connectivity index (χ2v) is 4.89. The number of aromatic nitrogens is 2. The Kier molecular flexibility index (Phi) is 3.61. The molecule has 1 aromatic heterocycles. The number of nitrogens with one attached hydrogen (secondary N) is 1. The zero-order valence-electron chi connectivity index (χ0n) is 10.5. The number of rotatable bonds is 3. The van der Waals surface area contributed by atoms with Crippen molar-refractivity contribution in [2.24, 2.45) is 7.05 Å². The molecule has 0 saturated carbocycles. The number of hydrogen-bond acceptors (Lipinski definition) is 3. The first-order chi connectivity index (χ1) is 7.66. The third kappa shape index (κ3) is 2.62. The molecule has 0 amide bonds. The summed E-state index contributed by atoms with van der Waals surface area (Å²) in [6, 6.07) is 1.28. The summed E-state index contributed by atoms with van der Waals surface area (Å²) >= 11 is 0. The fourth-order valence-electron chi connectivity index (χ4n) is 2.48. The van der Waals surface area contributed by atoms with Gasteiger partial charge in [0, 0.05) is 37.4 Å². The van der Waals surface area contributed by atoms with Crippen molar-refractivity contribution in [1.29, 1.82) is 0 Å². The van der Waals surface area contributed by atoms with Crippen molar-refractivity contribution in [3.8, 4) is 0 Å². The molecule has 0 aliphatic carbocycles. The van der Waals surface area contributed by atoms with Gasteiger partial charge in [0.2, 0.25) is 0 Å². The summed E-state index contributed by atoms with van der Waals surface area (Å²) in [6.45, 7) is 5.47. The Bertz CT molecular complexity index is 324. The molecule has 2 heterocycles. The summed E-state index contributed by atoms with van der Waals surface area (Å²) in [5.41, 5.74) is 4.77. The molecule has 1 aliphatic heterocycles. The van der Waals surface area contributed by atoms with Crippen molar-refractivity contribution in [3.05, 3.63) is 18.0 Å². The van der Waals surface area contributed by atoms with Crippen molar-refractivity contribution < 1.29 is 0 Å². The van der Waals surface area contributed by atoms with Crippen LogP contribution in [0.4, 0.5) is 0 Å². The number of piperidine rings is 1. The van der Waals surface area contributed by atoms with Crippen LogP contribution in [0.5, 0.6) is 0 Å². The molecule has 0 aromatic carbocycles. The van der Waals surface area contributed by atoms with Crippen molar-refractivity contribution in [1.82, 2.24) is 20.2 Å². The lowest BCUT2D eigenvalue weighted by Gasteiger charge is -2.39. The van der Waals surface area contributed by atoms with E-state index in [0.29, 0.717) is 12.1 Å². The predicted octanol–water partition coefficient (Wildman–Crippen LogP) is 1.69. The maximum absolute atomic E-state index is 4.18. The zero-order valence-corrected chi connectivity index (χ0v) is 10.5. The molecule has 4 heteroatoms. The molecule has 1 fully saturated rings. The average Bonchev–Trinajstić information content (AvgIpc) is 2.63. The highest BCUT2D eigenvalue weighted by atomic mass is 15.5. The van der Waals surface area contributed by atoms with Gasteiger partial charge in [-0.05, 0) is 26.7 Å². The van der Waals surface area contributed by atoms with Crippen LogP contribution >= 0.6 is 0 Å². The number of nitrogens with zero attached hydrogens (tertiary/aromatic N) is 3. The van der Waals surface area contributed by atoms with Crippen LogP contribution in [-0.4, -0.2) is 26.9 Å². The molecule has 16 heavy (non-hydrogen) atoms. The molecule has 2 rings (SSSR count). The molecule has 0 spiro atoms. The maximum atomic E-state index is 4.18. The van der Waals surface area contributed by atoms with Crippen molar-refractivity contribution in [2.75, 3.05) is 0 Å². The van der Waals surface area contributed by atoms with Gasteiger partial charge < -0.3 is 0 Å². The van der Waals surface area contributed by atoms with Crippen LogP contribution in [0.3, 0.4) is 0 Å². The van der Waals surface area contributed by atoms with Gasteiger partial charge >= 0.3 is 0 Å². The minimum absolute atomic E-state index is 0.639. The number of hydrazine groups is 1. The van der Waals surface area contributed by atoms with E-state index in [1.54, 1.807) is 0 Å². The molecule has 0 bridgehead atoms. The highest BCUT2D eigenvalue weighted by Gasteiger charge is 2.24. The maximum Gasteiger partial charge on any atom is 0.0535 e. The highest BCUT2D eigenvalue weighted by molar-refractivity contribution is 5.02. The van der Waals surface area contributed by atoms with Crippen molar-refractivity contribution >= 4 is 0 Å². The summed E-state index contributed by atoms with van der Waals surface area (Å²) in [6.07, 6.45) is 7.93. The Morgan fingerprint density at radius 1 is 1.38 bits per heavy atom. The Balaban J connectivity index is 1.88. The van der Waals surface area contributed by atoms with Gasteiger partial charge in [-0.2, -0.15) is 5.10 Å². The van der Waals surface area contributed by atoms with Gasteiger partial charge in [0.1, 0.15) is 0 Å². The zero-order chi connectivity index (χ0) is 11.5. The second-order valence-electron chi connectivity index (χ2n) is 4.89. The van der Waals surface area contributed by atoms with Crippen LogP contribution in [0, 0.1) is 0 Å². The minimum Gasteiger partial charge on any atom is -0.275 e. The van der Waals surface area contributed by atoms with E-state index in [9.17, 15) is 0 Å². The Hall–Kier alpha value is -0.870. The van der Waals surface area contributed by atoms with E-state index >= 15 is 0 Å². The molecule has 1 aliphatic rings. The lowest BCUT2D eigenvalue weighted by atomic mass is 10.00. The van der Waals surface area contributed by atoms with Crippen LogP contribution in [0.2, 0.25) is 0 Å². The van der Waals surface area contributed by atoms with E-state index in [1.165, 1.54) is 24.8 Å². The molecular weight excluding hydrogens is 200 g/mol. The van der Waals surface area contributed by atoms with Crippen LogP contribution in [0.25, 0.3) is 0 Å². The van der Waals surface area contributed by atoms with E-state index in [1.807, 2.05) is 17.9 Å². The molecule has 2 unspecified atom stereocenters. The van der Waals surface area contributed by atoms with Gasteiger partial charge in [-0.25, -0.2) is 5.01 Å². The third-order valence-electron chi connectivity index (χ3n) is 3.42. The standard InChI is InChI=1S/C12H22N4/c1-10-5-4-6-11(2)16(10)14-8-12-7-13-15(3)9-12/h7,9-11,14H,4-6,8H2,1-3H3. The van der Waals surface area contributed by atoms with Gasteiger partial charge in [-0.1, -0.05) is 6.42 Å². The summed E-state index contributed by atoms with van der Waals surface area (Å²) in [5, 5.41) is 6.58. The lowest BCUT2D eigenvalue weighted by molar-refractivity contribution is 0.0435. The van der Waals surface area contributed by atoms with Gasteiger partial charge in [-0.3, -0.25) is 10.1 Å². The normalized spacial score (nSPS) is 27.2. The average molecular weight is 222 g/mol. The highest BCUT2D eigenvalue weighted by Crippen LogP contribution is 2.20. The SMILES string of the molecule is CC1CCCC(C)N1NCc1cnn(C)c1. The Morgan fingerprint density at radius 2 is 2.06 bits per heavy atom. The first kappa shape index (κ1) is 11.6. The van der Waals surface area contributed by atoms with E-state index < -0.39 is 0 Å². The molecule has 0 radical (unpaired) electrons. The first-order valence-electron chi connectivity index (χ1n) is 6.16. The molecule has 1 aromatic rings. The smallest absolute Gasteiger partial charge is 0.0535 e. The van der Waals surface area contributed by atoms with Crippen molar-refractivity contribution in [2.45, 2.75) is 51.7 Å². The minimum atomic E-state index is 0.639. The van der Waals surface area contributed by atoms with Crippen LogP contribution in [0.15, 0.2) is 12.4 Å². The summed E-state index contributed by atoms with van der Waals surface area (Å²) < 4.78 is 1.85. The van der Waals surface area contributed by atoms with E-state index in [2.05, 4.69) is 35.6 Å². The Labute approximate surface area is 97.6 Å². The summed E-state index contributed by atoms with van der Waals surface area (Å²) in [7, 11) is 1.95. The quantitative estimate of drug-likeness (QED) is 0.845. The third-order valence-corrected chi connectivity index (χ3v) is 3.42. The lowest BCUT2D eigenvalue weighted by Crippen LogP contribution is -2.51. The van der Waals surface area contributed by atoms with Gasteiger partial charge in [-0.15, -0.1) is 0 Å². The van der Waals surface area contributed by atoms with Crippen molar-refractivity contribution in [3.63, 3.8) is 0 Å². The largest absolute Gasteiger partial charge is 0.275 e. The van der Waals surface area contributed by atoms with Gasteiger partial charge in [0.05, 0.1) is 6.20 Å². The Morgan fingerprint density at radius 3 is 2.62 bits per heavy atom. The summed E-state index contributed by atoms with van der Waals surface area (Å²) in [5.74, 6) is 0. The number of aryl methyl sites for hydroxylation is 1. The van der Waals surface area contributed by atoms with E-state index in [4.69, 9.17) is 0 Å². The predicted molar refractivity (Wildman–Crippen MR) is 64.7 cm³/mol.